The molecular weight excluding hydrogens is 317 g/mol. The number of ether oxygens (including phenoxy) is 1. The first-order chi connectivity index (χ1) is 10.7. The van der Waals surface area contributed by atoms with Gasteiger partial charge >= 0.3 is 0 Å². The van der Waals surface area contributed by atoms with Gasteiger partial charge in [-0.05, 0) is 35.0 Å². The minimum atomic E-state index is 0.560. The lowest BCUT2D eigenvalue weighted by atomic mass is 10.0. The predicted octanol–water partition coefficient (Wildman–Crippen LogP) is 5.91. The van der Waals surface area contributed by atoms with E-state index in [1.807, 2.05) is 30.3 Å². The van der Waals surface area contributed by atoms with Crippen molar-refractivity contribution < 1.29 is 4.74 Å². The molecule has 0 unspecified atom stereocenters. The molecule has 0 heterocycles. The Bertz CT molecular complexity index is 839. The molecule has 0 aliphatic rings. The van der Waals surface area contributed by atoms with Crippen molar-refractivity contribution in [3.63, 3.8) is 0 Å². The van der Waals surface area contributed by atoms with Gasteiger partial charge in [0, 0.05) is 21.8 Å². The third-order valence-corrected chi connectivity index (χ3v) is 3.78. The van der Waals surface area contributed by atoms with Crippen molar-refractivity contribution in [1.29, 1.82) is 0 Å². The summed E-state index contributed by atoms with van der Waals surface area (Å²) >= 11 is 12.0. The van der Waals surface area contributed by atoms with Gasteiger partial charge in [0.2, 0.25) is 0 Å². The van der Waals surface area contributed by atoms with Gasteiger partial charge in [-0.1, -0.05) is 53.5 Å². The Balaban J connectivity index is 2.11. The molecule has 0 atom stereocenters. The van der Waals surface area contributed by atoms with Crippen molar-refractivity contribution in [1.82, 2.24) is 0 Å². The highest BCUT2D eigenvalue weighted by molar-refractivity contribution is 6.35. The fourth-order valence-corrected chi connectivity index (χ4v) is 2.85. The molecule has 0 aliphatic carbocycles. The van der Waals surface area contributed by atoms with Crippen LogP contribution in [0.4, 0.5) is 5.69 Å². The Labute approximate surface area is 139 Å². The Morgan fingerprint density at radius 1 is 0.955 bits per heavy atom. The van der Waals surface area contributed by atoms with Crippen LogP contribution in [0.2, 0.25) is 10.0 Å². The lowest BCUT2D eigenvalue weighted by Crippen LogP contribution is -1.92. The second-order valence-electron chi connectivity index (χ2n) is 4.79. The van der Waals surface area contributed by atoms with E-state index in [0.29, 0.717) is 15.7 Å². The van der Waals surface area contributed by atoms with Crippen LogP contribution in [-0.2, 0) is 0 Å². The number of methoxy groups -OCH3 is 1. The molecule has 3 aromatic carbocycles. The van der Waals surface area contributed by atoms with E-state index in [1.165, 1.54) is 0 Å². The standard InChI is InChI=1S/C18H13Cl2NO/c1-22-18-7-6-12-4-2-3-5-16(12)17(18)11-21-15-9-13(19)8-14(20)10-15/h2-11H,1H3. The van der Waals surface area contributed by atoms with Crippen LogP contribution in [0.3, 0.4) is 0 Å². The summed E-state index contributed by atoms with van der Waals surface area (Å²) in [5.74, 6) is 0.774. The summed E-state index contributed by atoms with van der Waals surface area (Å²) in [4.78, 5) is 4.48. The SMILES string of the molecule is COc1ccc2ccccc2c1C=Nc1cc(Cl)cc(Cl)c1. The lowest BCUT2D eigenvalue weighted by molar-refractivity contribution is 0.415. The number of hydrogen-bond acceptors (Lipinski definition) is 2. The molecule has 0 saturated heterocycles. The van der Waals surface area contributed by atoms with Crippen molar-refractivity contribution in [3.8, 4) is 5.75 Å². The molecule has 110 valence electrons. The van der Waals surface area contributed by atoms with E-state index in [9.17, 15) is 0 Å². The van der Waals surface area contributed by atoms with E-state index in [1.54, 1.807) is 31.5 Å². The maximum absolute atomic E-state index is 6.00. The molecule has 3 rings (SSSR count). The summed E-state index contributed by atoms with van der Waals surface area (Å²) in [7, 11) is 1.65. The Morgan fingerprint density at radius 2 is 1.68 bits per heavy atom. The van der Waals surface area contributed by atoms with Gasteiger partial charge < -0.3 is 4.74 Å². The molecule has 22 heavy (non-hydrogen) atoms. The minimum Gasteiger partial charge on any atom is -0.496 e. The minimum absolute atomic E-state index is 0.560. The summed E-state index contributed by atoms with van der Waals surface area (Å²) in [5, 5.41) is 3.33. The fraction of sp³-hybridized carbons (Fsp3) is 0.0556. The molecule has 0 spiro atoms. The summed E-state index contributed by atoms with van der Waals surface area (Å²) in [6.07, 6.45) is 1.78. The number of benzene rings is 3. The molecule has 0 saturated carbocycles. The summed E-state index contributed by atoms with van der Waals surface area (Å²) in [5.41, 5.74) is 1.63. The van der Waals surface area contributed by atoms with Gasteiger partial charge in [0.15, 0.2) is 0 Å². The third kappa shape index (κ3) is 3.08. The Morgan fingerprint density at radius 3 is 2.41 bits per heavy atom. The van der Waals surface area contributed by atoms with Crippen LogP contribution in [-0.4, -0.2) is 13.3 Å². The van der Waals surface area contributed by atoms with E-state index in [0.717, 1.165) is 22.1 Å². The number of hydrogen-bond donors (Lipinski definition) is 0. The third-order valence-electron chi connectivity index (χ3n) is 3.34. The number of fused-ring (bicyclic) bond motifs is 1. The smallest absolute Gasteiger partial charge is 0.128 e. The second-order valence-corrected chi connectivity index (χ2v) is 5.66. The molecule has 2 nitrogen and oxygen atoms in total. The number of aliphatic imine (C=N–C) groups is 1. The lowest BCUT2D eigenvalue weighted by Gasteiger charge is -2.08. The second kappa shape index (κ2) is 6.39. The quantitative estimate of drug-likeness (QED) is 0.547. The fourth-order valence-electron chi connectivity index (χ4n) is 2.34. The molecular formula is C18H13Cl2NO. The van der Waals surface area contributed by atoms with Gasteiger partial charge in [-0.25, -0.2) is 0 Å². The van der Waals surface area contributed by atoms with Crippen LogP contribution < -0.4 is 4.74 Å². The van der Waals surface area contributed by atoms with Crippen LogP contribution in [0.5, 0.6) is 5.75 Å². The van der Waals surface area contributed by atoms with Crippen molar-refractivity contribution in [2.24, 2.45) is 4.99 Å². The first kappa shape index (κ1) is 14.9. The van der Waals surface area contributed by atoms with Crippen molar-refractivity contribution >= 4 is 45.9 Å². The highest BCUT2D eigenvalue weighted by Crippen LogP contribution is 2.28. The van der Waals surface area contributed by atoms with E-state index >= 15 is 0 Å². The Kier molecular flexibility index (Phi) is 4.32. The average molecular weight is 330 g/mol. The van der Waals surface area contributed by atoms with Gasteiger partial charge in [-0.2, -0.15) is 0 Å². The molecule has 0 bridgehead atoms. The van der Waals surface area contributed by atoms with Gasteiger partial charge in [0.25, 0.3) is 0 Å². The molecule has 0 amide bonds. The average Bonchev–Trinajstić information content (AvgIpc) is 2.51. The number of nitrogens with zero attached hydrogens (tertiary/aromatic N) is 1. The van der Waals surface area contributed by atoms with E-state index < -0.39 is 0 Å². The largest absolute Gasteiger partial charge is 0.496 e. The van der Waals surface area contributed by atoms with Crippen molar-refractivity contribution in [2.75, 3.05) is 7.11 Å². The summed E-state index contributed by atoms with van der Waals surface area (Å²) in [6, 6.07) is 17.3. The van der Waals surface area contributed by atoms with Crippen LogP contribution in [0.25, 0.3) is 10.8 Å². The maximum Gasteiger partial charge on any atom is 0.128 e. The zero-order chi connectivity index (χ0) is 15.5. The molecule has 0 N–H and O–H groups in total. The van der Waals surface area contributed by atoms with E-state index in [-0.39, 0.29) is 0 Å². The molecule has 3 aromatic rings. The number of halogens is 2. The van der Waals surface area contributed by atoms with Gasteiger partial charge in [-0.3, -0.25) is 4.99 Å². The zero-order valence-electron chi connectivity index (χ0n) is 11.9. The molecule has 0 aromatic heterocycles. The maximum atomic E-state index is 6.00. The predicted molar refractivity (Wildman–Crippen MR) is 94.2 cm³/mol. The van der Waals surface area contributed by atoms with Crippen LogP contribution in [0, 0.1) is 0 Å². The topological polar surface area (TPSA) is 21.6 Å². The first-order valence-corrected chi connectivity index (χ1v) is 7.49. The molecule has 0 fully saturated rings. The van der Waals surface area contributed by atoms with E-state index in [2.05, 4.69) is 11.1 Å². The highest BCUT2D eigenvalue weighted by Gasteiger charge is 2.06. The van der Waals surface area contributed by atoms with Crippen molar-refractivity contribution in [3.05, 3.63) is 70.2 Å². The van der Waals surface area contributed by atoms with Crippen LogP contribution in [0.1, 0.15) is 5.56 Å². The van der Waals surface area contributed by atoms with Gasteiger partial charge in [0.1, 0.15) is 5.75 Å². The van der Waals surface area contributed by atoms with Crippen molar-refractivity contribution in [2.45, 2.75) is 0 Å². The zero-order valence-corrected chi connectivity index (χ0v) is 13.4. The summed E-state index contributed by atoms with van der Waals surface area (Å²) < 4.78 is 5.45. The molecule has 0 aliphatic heterocycles. The van der Waals surface area contributed by atoms with E-state index in [4.69, 9.17) is 27.9 Å². The van der Waals surface area contributed by atoms with Crippen LogP contribution >= 0.6 is 23.2 Å². The highest BCUT2D eigenvalue weighted by atomic mass is 35.5. The van der Waals surface area contributed by atoms with Gasteiger partial charge in [0.05, 0.1) is 12.8 Å². The first-order valence-electron chi connectivity index (χ1n) is 6.73. The van der Waals surface area contributed by atoms with Crippen LogP contribution in [0.15, 0.2) is 59.6 Å². The monoisotopic (exact) mass is 329 g/mol. The number of rotatable bonds is 3. The normalized spacial score (nSPS) is 11.2. The Hall–Kier alpha value is -2.03. The summed E-state index contributed by atoms with van der Waals surface area (Å²) in [6.45, 7) is 0. The molecule has 4 heteroatoms. The van der Waals surface area contributed by atoms with Gasteiger partial charge in [-0.15, -0.1) is 0 Å². The molecule has 0 radical (unpaired) electrons.